The minimum atomic E-state index is -0.0899. The minimum Gasteiger partial charge on any atom is -0.367 e. The van der Waals surface area contributed by atoms with Crippen LogP contribution in [0.5, 0.6) is 0 Å². The Labute approximate surface area is 96.5 Å². The summed E-state index contributed by atoms with van der Waals surface area (Å²) in [5.41, 5.74) is -0.0899. The SMILES string of the molecule is CCc1nc(NC(CC)C(C)C)cc(=O)[nH]1. The van der Waals surface area contributed by atoms with Crippen LogP contribution < -0.4 is 10.9 Å². The van der Waals surface area contributed by atoms with Crippen molar-refractivity contribution in [3.05, 3.63) is 22.2 Å². The third kappa shape index (κ3) is 3.36. The molecule has 1 atom stereocenters. The number of aryl methyl sites for hydroxylation is 1. The van der Waals surface area contributed by atoms with Crippen LogP contribution >= 0.6 is 0 Å². The smallest absolute Gasteiger partial charge is 0.252 e. The van der Waals surface area contributed by atoms with Gasteiger partial charge in [0.2, 0.25) is 0 Å². The van der Waals surface area contributed by atoms with E-state index in [9.17, 15) is 4.79 Å². The second-order valence-electron chi connectivity index (χ2n) is 4.33. The van der Waals surface area contributed by atoms with Gasteiger partial charge in [-0.25, -0.2) is 4.98 Å². The van der Waals surface area contributed by atoms with E-state index in [0.717, 1.165) is 18.7 Å². The van der Waals surface area contributed by atoms with Crippen LogP contribution in [0.4, 0.5) is 5.82 Å². The lowest BCUT2D eigenvalue weighted by molar-refractivity contribution is 0.509. The van der Waals surface area contributed by atoms with E-state index in [1.54, 1.807) is 0 Å². The van der Waals surface area contributed by atoms with Gasteiger partial charge >= 0.3 is 0 Å². The molecule has 2 N–H and O–H groups in total. The van der Waals surface area contributed by atoms with E-state index >= 15 is 0 Å². The van der Waals surface area contributed by atoms with Crippen molar-refractivity contribution in [1.82, 2.24) is 9.97 Å². The topological polar surface area (TPSA) is 57.8 Å². The van der Waals surface area contributed by atoms with Crippen LogP contribution in [0.2, 0.25) is 0 Å². The molecule has 0 aromatic carbocycles. The average molecular weight is 223 g/mol. The van der Waals surface area contributed by atoms with E-state index in [1.807, 2.05) is 6.92 Å². The monoisotopic (exact) mass is 223 g/mol. The molecule has 0 radical (unpaired) electrons. The van der Waals surface area contributed by atoms with Crippen molar-refractivity contribution < 1.29 is 0 Å². The Morgan fingerprint density at radius 3 is 2.62 bits per heavy atom. The zero-order valence-electron chi connectivity index (χ0n) is 10.5. The summed E-state index contributed by atoms with van der Waals surface area (Å²) in [4.78, 5) is 18.4. The van der Waals surface area contributed by atoms with Gasteiger partial charge < -0.3 is 10.3 Å². The molecule has 0 saturated heterocycles. The Balaban J connectivity index is 2.87. The highest BCUT2D eigenvalue weighted by molar-refractivity contribution is 5.34. The van der Waals surface area contributed by atoms with Crippen molar-refractivity contribution in [3.63, 3.8) is 0 Å². The Morgan fingerprint density at radius 2 is 2.12 bits per heavy atom. The van der Waals surface area contributed by atoms with E-state index < -0.39 is 0 Å². The molecule has 0 fully saturated rings. The molecule has 0 aliphatic rings. The first kappa shape index (κ1) is 12.7. The fourth-order valence-electron chi connectivity index (χ4n) is 1.68. The molecule has 4 nitrogen and oxygen atoms in total. The lowest BCUT2D eigenvalue weighted by atomic mass is 10.0. The predicted molar refractivity (Wildman–Crippen MR) is 66.8 cm³/mol. The summed E-state index contributed by atoms with van der Waals surface area (Å²) in [6.45, 7) is 8.43. The molecule has 1 aromatic rings. The standard InChI is InChI=1S/C12H21N3O/c1-5-9(8(3)4)13-11-7-12(16)15-10(6-2)14-11/h7-9H,5-6H2,1-4H3,(H2,13,14,15,16). The molecule has 1 aromatic heterocycles. The van der Waals surface area contributed by atoms with Gasteiger partial charge in [0.1, 0.15) is 11.6 Å². The summed E-state index contributed by atoms with van der Waals surface area (Å²) in [7, 11) is 0. The zero-order chi connectivity index (χ0) is 12.1. The highest BCUT2D eigenvalue weighted by atomic mass is 16.1. The Bertz CT molecular complexity index is 384. The minimum absolute atomic E-state index is 0.0899. The van der Waals surface area contributed by atoms with Crippen LogP contribution in [-0.2, 0) is 6.42 Å². The molecule has 1 unspecified atom stereocenters. The maximum absolute atomic E-state index is 11.4. The van der Waals surface area contributed by atoms with E-state index in [2.05, 4.69) is 36.1 Å². The molecule has 1 heterocycles. The molecule has 1 rings (SSSR count). The predicted octanol–water partition coefficient (Wildman–Crippen LogP) is 2.18. The molecule has 0 aliphatic heterocycles. The number of aromatic amines is 1. The van der Waals surface area contributed by atoms with Crippen molar-refractivity contribution in [2.45, 2.75) is 46.6 Å². The summed E-state index contributed by atoms with van der Waals surface area (Å²) < 4.78 is 0. The van der Waals surface area contributed by atoms with Gasteiger partial charge in [0.25, 0.3) is 5.56 Å². The van der Waals surface area contributed by atoms with Crippen LogP contribution in [0.1, 0.15) is 39.9 Å². The van der Waals surface area contributed by atoms with Gasteiger partial charge in [-0.2, -0.15) is 0 Å². The quantitative estimate of drug-likeness (QED) is 0.804. The molecule has 4 heteroatoms. The molecule has 90 valence electrons. The molecular formula is C12H21N3O. The first-order valence-corrected chi connectivity index (χ1v) is 5.93. The molecule has 0 aliphatic carbocycles. The van der Waals surface area contributed by atoms with E-state index in [-0.39, 0.29) is 5.56 Å². The number of hydrogen-bond acceptors (Lipinski definition) is 3. The summed E-state index contributed by atoms with van der Waals surface area (Å²) in [5.74, 6) is 1.94. The Kier molecular flexibility index (Phi) is 4.52. The lowest BCUT2D eigenvalue weighted by Crippen LogP contribution is -2.26. The number of anilines is 1. The number of nitrogens with one attached hydrogen (secondary N) is 2. The maximum atomic E-state index is 11.4. The first-order valence-electron chi connectivity index (χ1n) is 5.93. The molecular weight excluding hydrogens is 202 g/mol. The number of nitrogens with zero attached hydrogens (tertiary/aromatic N) is 1. The van der Waals surface area contributed by atoms with Crippen molar-refractivity contribution >= 4 is 5.82 Å². The largest absolute Gasteiger partial charge is 0.367 e. The van der Waals surface area contributed by atoms with Crippen LogP contribution in [0.3, 0.4) is 0 Å². The van der Waals surface area contributed by atoms with Crippen molar-refractivity contribution in [2.24, 2.45) is 5.92 Å². The third-order valence-electron chi connectivity index (χ3n) is 2.70. The second-order valence-corrected chi connectivity index (χ2v) is 4.33. The van der Waals surface area contributed by atoms with Gasteiger partial charge in [-0.15, -0.1) is 0 Å². The summed E-state index contributed by atoms with van der Waals surface area (Å²) in [5, 5.41) is 3.31. The fraction of sp³-hybridized carbons (Fsp3) is 0.667. The number of rotatable bonds is 5. The van der Waals surface area contributed by atoms with Crippen LogP contribution in [0.15, 0.2) is 10.9 Å². The van der Waals surface area contributed by atoms with Crippen molar-refractivity contribution in [2.75, 3.05) is 5.32 Å². The highest BCUT2D eigenvalue weighted by Crippen LogP contribution is 2.11. The van der Waals surface area contributed by atoms with Crippen LogP contribution in [-0.4, -0.2) is 16.0 Å². The zero-order valence-corrected chi connectivity index (χ0v) is 10.5. The first-order chi connectivity index (χ1) is 7.56. The van der Waals surface area contributed by atoms with Gasteiger partial charge in [-0.1, -0.05) is 27.7 Å². The molecule has 0 bridgehead atoms. The van der Waals surface area contributed by atoms with Crippen molar-refractivity contribution in [3.8, 4) is 0 Å². The lowest BCUT2D eigenvalue weighted by Gasteiger charge is -2.21. The van der Waals surface area contributed by atoms with Gasteiger partial charge in [-0.3, -0.25) is 4.79 Å². The van der Waals surface area contributed by atoms with Crippen LogP contribution in [0, 0.1) is 5.92 Å². The van der Waals surface area contributed by atoms with Gasteiger partial charge in [-0.05, 0) is 12.3 Å². The van der Waals surface area contributed by atoms with Crippen molar-refractivity contribution in [1.29, 1.82) is 0 Å². The molecule has 0 saturated carbocycles. The summed E-state index contributed by atoms with van der Waals surface area (Å²) in [6, 6.07) is 1.88. The normalized spacial score (nSPS) is 12.8. The summed E-state index contributed by atoms with van der Waals surface area (Å²) >= 11 is 0. The van der Waals surface area contributed by atoms with E-state index in [1.165, 1.54) is 6.07 Å². The van der Waals surface area contributed by atoms with E-state index in [0.29, 0.717) is 17.8 Å². The summed E-state index contributed by atoms with van der Waals surface area (Å²) in [6.07, 6.45) is 1.76. The molecule has 0 spiro atoms. The fourth-order valence-corrected chi connectivity index (χ4v) is 1.68. The highest BCUT2D eigenvalue weighted by Gasteiger charge is 2.11. The average Bonchev–Trinajstić information content (AvgIpc) is 2.24. The number of H-pyrrole nitrogens is 1. The second kappa shape index (κ2) is 5.68. The van der Waals surface area contributed by atoms with E-state index in [4.69, 9.17) is 0 Å². The number of aromatic nitrogens is 2. The Morgan fingerprint density at radius 1 is 1.44 bits per heavy atom. The molecule has 0 amide bonds. The van der Waals surface area contributed by atoms with Gasteiger partial charge in [0.05, 0.1) is 0 Å². The molecule has 16 heavy (non-hydrogen) atoms. The van der Waals surface area contributed by atoms with Crippen LogP contribution in [0.25, 0.3) is 0 Å². The third-order valence-corrected chi connectivity index (χ3v) is 2.70. The van der Waals surface area contributed by atoms with Gasteiger partial charge in [0, 0.05) is 18.5 Å². The van der Waals surface area contributed by atoms with Gasteiger partial charge in [0.15, 0.2) is 0 Å². The Hall–Kier alpha value is -1.32. The maximum Gasteiger partial charge on any atom is 0.252 e. The number of hydrogen-bond donors (Lipinski definition) is 2.